The number of esters is 1. The van der Waals surface area contributed by atoms with Crippen LogP contribution in [0.4, 0.5) is 22.7 Å². The molecule has 2 unspecified atom stereocenters. The molecule has 5 N–H and O–H groups in total. The lowest BCUT2D eigenvalue weighted by Gasteiger charge is -2.38. The van der Waals surface area contributed by atoms with Gasteiger partial charge in [0.2, 0.25) is 0 Å². The average Bonchev–Trinajstić information content (AvgIpc) is 3.22. The molecule has 0 fully saturated rings. The molecule has 0 bridgehead atoms. The van der Waals surface area contributed by atoms with Crippen LogP contribution in [0.25, 0.3) is 0 Å². The van der Waals surface area contributed by atoms with Crippen LogP contribution in [0.3, 0.4) is 0 Å². The highest BCUT2D eigenvalue weighted by Gasteiger charge is 2.53. The van der Waals surface area contributed by atoms with Gasteiger partial charge in [-0.2, -0.15) is 0 Å². The van der Waals surface area contributed by atoms with Crippen molar-refractivity contribution in [2.45, 2.75) is 45.9 Å². The zero-order chi connectivity index (χ0) is 28.9. The van der Waals surface area contributed by atoms with Gasteiger partial charge in [-0.15, -0.1) is 0 Å². The molecule has 4 aromatic rings. The number of nitrogens with zero attached hydrogens (tertiary/aromatic N) is 1. The molecule has 2 atom stereocenters. The summed E-state index contributed by atoms with van der Waals surface area (Å²) in [5, 5.41) is 3.49. The molecule has 1 spiro atoms. The first kappa shape index (κ1) is 26.7. The fourth-order valence-electron chi connectivity index (χ4n) is 5.86. The van der Waals surface area contributed by atoms with Gasteiger partial charge in [0, 0.05) is 52.1 Å². The number of carbonyl (C=O) groups is 1. The number of hydrogen-bond acceptors (Lipinski definition) is 7. The van der Waals surface area contributed by atoms with E-state index < -0.39 is 5.60 Å². The Morgan fingerprint density at radius 2 is 1.68 bits per heavy atom. The Kier molecular flexibility index (Phi) is 6.62. The summed E-state index contributed by atoms with van der Waals surface area (Å²) < 4.78 is 13.0. The molecule has 2 aliphatic rings. The van der Waals surface area contributed by atoms with E-state index in [4.69, 9.17) is 20.9 Å². The van der Waals surface area contributed by atoms with Crippen LogP contribution in [-0.4, -0.2) is 18.7 Å². The summed E-state index contributed by atoms with van der Waals surface area (Å²) in [4.78, 5) is 15.5. The predicted octanol–water partition coefficient (Wildman–Crippen LogP) is 7.05. The van der Waals surface area contributed by atoms with Gasteiger partial charge >= 0.3 is 5.97 Å². The summed E-state index contributed by atoms with van der Waals surface area (Å²) in [6, 6.07) is 25.3. The summed E-state index contributed by atoms with van der Waals surface area (Å²) in [6.45, 7) is 9.26. The smallest absolute Gasteiger partial charge is 0.340 e. The van der Waals surface area contributed by atoms with E-state index in [1.165, 1.54) is 0 Å². The number of aryl methyl sites for hydroxylation is 1. The molecule has 0 saturated heterocycles. The molecule has 7 heteroatoms. The Bertz CT molecular complexity index is 1650. The molecular formula is C34H36N4O3. The average molecular weight is 549 g/mol. The molecule has 0 saturated carbocycles. The number of nitrogen functional groups attached to an aromatic ring is 1. The SMILES string of the molecule is Cc1cc2c(cc1Nc1cccc(N)c1)C1(OC(=O)c3ccccc31)c1ccc(N(CCC(C)C)C(C)N)cc1O2. The molecular weight excluding hydrogens is 512 g/mol. The van der Waals surface area contributed by atoms with Crippen molar-refractivity contribution >= 4 is 28.7 Å². The number of nitrogens with two attached hydrogens (primary N) is 2. The maximum Gasteiger partial charge on any atom is 0.340 e. The van der Waals surface area contributed by atoms with Crippen molar-refractivity contribution in [1.29, 1.82) is 0 Å². The number of nitrogens with one attached hydrogen (secondary N) is 1. The van der Waals surface area contributed by atoms with E-state index in [1.807, 2.05) is 92.7 Å². The van der Waals surface area contributed by atoms with Gasteiger partial charge in [-0.25, -0.2) is 4.79 Å². The molecule has 0 radical (unpaired) electrons. The Balaban J connectivity index is 1.52. The van der Waals surface area contributed by atoms with Gasteiger partial charge in [-0.05, 0) is 80.3 Å². The summed E-state index contributed by atoms with van der Waals surface area (Å²) in [5.41, 5.74) is 18.5. The Morgan fingerprint density at radius 1 is 0.902 bits per heavy atom. The lowest BCUT2D eigenvalue weighted by molar-refractivity contribution is 0.0224. The molecule has 210 valence electrons. The fourth-order valence-corrected chi connectivity index (χ4v) is 5.86. The fraction of sp³-hybridized carbons (Fsp3) is 0.265. The van der Waals surface area contributed by atoms with Crippen LogP contribution in [0.2, 0.25) is 0 Å². The number of carbonyl (C=O) groups excluding carboxylic acids is 1. The molecule has 2 aliphatic heterocycles. The van der Waals surface area contributed by atoms with Crippen LogP contribution < -0.4 is 26.4 Å². The molecule has 6 rings (SSSR count). The van der Waals surface area contributed by atoms with E-state index in [0.717, 1.165) is 52.3 Å². The molecule has 0 aliphatic carbocycles. The van der Waals surface area contributed by atoms with E-state index in [2.05, 4.69) is 24.1 Å². The number of hydrogen-bond donors (Lipinski definition) is 3. The second kappa shape index (κ2) is 10.2. The number of benzene rings is 4. The third-order valence-corrected chi connectivity index (χ3v) is 7.98. The van der Waals surface area contributed by atoms with Crippen molar-refractivity contribution < 1.29 is 14.3 Å². The van der Waals surface area contributed by atoms with Crippen molar-refractivity contribution in [3.63, 3.8) is 0 Å². The summed E-state index contributed by atoms with van der Waals surface area (Å²) in [5.74, 6) is 1.48. The zero-order valence-corrected chi connectivity index (χ0v) is 23.9. The van der Waals surface area contributed by atoms with E-state index >= 15 is 0 Å². The second-order valence-electron chi connectivity index (χ2n) is 11.4. The molecule has 4 aromatic carbocycles. The maximum atomic E-state index is 13.3. The molecule has 2 heterocycles. The zero-order valence-electron chi connectivity index (χ0n) is 23.9. The van der Waals surface area contributed by atoms with E-state index in [9.17, 15) is 4.79 Å². The number of ether oxygens (including phenoxy) is 2. The first-order valence-electron chi connectivity index (χ1n) is 14.1. The number of rotatable bonds is 7. The van der Waals surface area contributed by atoms with Gasteiger partial charge in [0.1, 0.15) is 11.5 Å². The van der Waals surface area contributed by atoms with Gasteiger partial charge < -0.3 is 31.2 Å². The Hall–Kier alpha value is -4.49. The van der Waals surface area contributed by atoms with Gasteiger partial charge in [-0.1, -0.05) is 38.1 Å². The van der Waals surface area contributed by atoms with Gasteiger partial charge in [0.15, 0.2) is 5.60 Å². The van der Waals surface area contributed by atoms with E-state index in [-0.39, 0.29) is 12.1 Å². The third-order valence-electron chi connectivity index (χ3n) is 7.98. The van der Waals surface area contributed by atoms with Gasteiger partial charge in [0.05, 0.1) is 11.7 Å². The molecule has 0 amide bonds. The standard InChI is InChI=1S/C34H36N4O3/c1-20(2)14-15-38(22(4)35)25-12-13-28-32(18-25)40-31-16-21(3)30(37-24-9-7-8-23(36)17-24)19-29(31)34(28)27-11-6-5-10-26(27)33(39)41-34/h5-13,16-20,22,37H,14-15,35-36H2,1-4H3. The largest absolute Gasteiger partial charge is 0.456 e. The van der Waals surface area contributed by atoms with Crippen molar-refractivity contribution in [2.24, 2.45) is 11.7 Å². The van der Waals surface area contributed by atoms with Crippen LogP contribution >= 0.6 is 0 Å². The monoisotopic (exact) mass is 548 g/mol. The van der Waals surface area contributed by atoms with Gasteiger partial charge in [-0.3, -0.25) is 0 Å². The topological polar surface area (TPSA) is 103 Å². The Labute approximate surface area is 241 Å². The Morgan fingerprint density at radius 3 is 2.44 bits per heavy atom. The normalized spacial score (nSPS) is 17.4. The van der Waals surface area contributed by atoms with Crippen LogP contribution in [-0.2, 0) is 10.3 Å². The van der Waals surface area contributed by atoms with Crippen LogP contribution in [0.1, 0.15) is 59.8 Å². The van der Waals surface area contributed by atoms with Crippen LogP contribution in [0.15, 0.2) is 78.9 Å². The highest BCUT2D eigenvalue weighted by Crippen LogP contribution is 2.57. The van der Waals surface area contributed by atoms with Crippen LogP contribution in [0.5, 0.6) is 11.5 Å². The quantitative estimate of drug-likeness (QED) is 0.129. The first-order chi connectivity index (χ1) is 19.7. The highest BCUT2D eigenvalue weighted by atomic mass is 16.6. The van der Waals surface area contributed by atoms with Crippen molar-refractivity contribution in [3.8, 4) is 11.5 Å². The highest BCUT2D eigenvalue weighted by molar-refractivity contribution is 5.97. The van der Waals surface area contributed by atoms with Crippen molar-refractivity contribution in [2.75, 3.05) is 22.5 Å². The van der Waals surface area contributed by atoms with Crippen molar-refractivity contribution in [3.05, 3.63) is 107 Å². The third kappa shape index (κ3) is 4.56. The molecule has 41 heavy (non-hydrogen) atoms. The predicted molar refractivity (Wildman–Crippen MR) is 164 cm³/mol. The number of anilines is 4. The van der Waals surface area contributed by atoms with E-state index in [0.29, 0.717) is 28.7 Å². The minimum Gasteiger partial charge on any atom is -0.456 e. The lowest BCUT2D eigenvalue weighted by Crippen LogP contribution is -2.41. The summed E-state index contributed by atoms with van der Waals surface area (Å²) in [6.07, 6.45) is 0.837. The minimum atomic E-state index is -1.16. The number of fused-ring (bicyclic) bond motifs is 6. The van der Waals surface area contributed by atoms with Crippen molar-refractivity contribution in [1.82, 2.24) is 0 Å². The minimum absolute atomic E-state index is 0.176. The molecule has 7 nitrogen and oxygen atoms in total. The summed E-state index contributed by atoms with van der Waals surface area (Å²) in [7, 11) is 0. The first-order valence-corrected chi connectivity index (χ1v) is 14.1. The van der Waals surface area contributed by atoms with E-state index in [1.54, 1.807) is 0 Å². The van der Waals surface area contributed by atoms with Crippen LogP contribution in [0, 0.1) is 12.8 Å². The molecule has 0 aromatic heterocycles. The second-order valence-corrected chi connectivity index (χ2v) is 11.4. The summed E-state index contributed by atoms with van der Waals surface area (Å²) >= 11 is 0. The lowest BCUT2D eigenvalue weighted by atomic mass is 9.77. The maximum absolute atomic E-state index is 13.3. The van der Waals surface area contributed by atoms with Gasteiger partial charge in [0.25, 0.3) is 0 Å².